The van der Waals surface area contributed by atoms with Crippen molar-refractivity contribution in [1.29, 1.82) is 0 Å². The summed E-state index contributed by atoms with van der Waals surface area (Å²) in [5.41, 5.74) is 0. The summed E-state index contributed by atoms with van der Waals surface area (Å²) in [5.74, 6) is 0. The quantitative estimate of drug-likeness (QED) is 0.243. The van der Waals surface area contributed by atoms with Gasteiger partial charge in [-0.1, -0.05) is 42.4 Å². The highest BCUT2D eigenvalue weighted by atomic mass is 127. The van der Waals surface area contributed by atoms with Crippen LogP contribution in [0.1, 0.15) is 26.2 Å². The Kier molecular flexibility index (Phi) is 6.31. The van der Waals surface area contributed by atoms with E-state index >= 15 is 0 Å². The van der Waals surface area contributed by atoms with Gasteiger partial charge in [-0.05, 0) is 6.42 Å². The molecule has 1 atom stereocenters. The number of unbranched alkanes of at least 4 members (excludes halogenated alkanes) is 1. The van der Waals surface area contributed by atoms with Crippen LogP contribution >= 0.6 is 22.6 Å². The maximum Gasteiger partial charge on any atom is 0.236 e. The molecule has 1 unspecified atom stereocenters. The Morgan fingerprint density at radius 3 is 2.89 bits per heavy atom. The lowest BCUT2D eigenvalue weighted by Gasteiger charge is -1.97. The summed E-state index contributed by atoms with van der Waals surface area (Å²) in [4.78, 5) is 13.2. The largest absolute Gasteiger partial charge is 0.236 e. The van der Waals surface area contributed by atoms with Crippen LogP contribution in [-0.2, 0) is 4.79 Å². The van der Waals surface area contributed by atoms with Crippen LogP contribution in [0.3, 0.4) is 0 Å². The van der Waals surface area contributed by atoms with Gasteiger partial charge < -0.3 is 0 Å². The second-order valence-electron chi connectivity index (χ2n) is 1.80. The van der Waals surface area contributed by atoms with Crippen molar-refractivity contribution >= 4 is 28.7 Å². The van der Waals surface area contributed by atoms with Crippen molar-refractivity contribution < 1.29 is 4.79 Å². The minimum absolute atomic E-state index is 0.139. The fourth-order valence-corrected chi connectivity index (χ4v) is 1.05. The fraction of sp³-hybridized carbons (Fsp3) is 0.833. The van der Waals surface area contributed by atoms with Crippen molar-refractivity contribution in [3.05, 3.63) is 0 Å². The molecule has 0 aliphatic heterocycles. The van der Waals surface area contributed by atoms with Gasteiger partial charge >= 0.3 is 0 Å². The van der Waals surface area contributed by atoms with Crippen molar-refractivity contribution in [1.82, 2.24) is 0 Å². The van der Waals surface area contributed by atoms with Crippen molar-refractivity contribution in [2.75, 3.05) is 0 Å². The SMILES string of the molecule is CCCCC(I)N=C=O. The van der Waals surface area contributed by atoms with Crippen molar-refractivity contribution in [3.8, 4) is 0 Å². The fourth-order valence-electron chi connectivity index (χ4n) is 0.494. The zero-order chi connectivity index (χ0) is 7.11. The molecule has 0 amide bonds. The molecule has 0 saturated heterocycles. The molecule has 2 nitrogen and oxygen atoms in total. The molecule has 0 aromatic rings. The predicted octanol–water partition coefficient (Wildman–Crippen LogP) is 2.27. The first-order valence-electron chi connectivity index (χ1n) is 3.02. The summed E-state index contributed by atoms with van der Waals surface area (Å²) in [6, 6.07) is 0. The van der Waals surface area contributed by atoms with E-state index in [0.29, 0.717) is 0 Å². The molecular weight excluding hydrogens is 229 g/mol. The summed E-state index contributed by atoms with van der Waals surface area (Å²) in [6.45, 7) is 2.12. The van der Waals surface area contributed by atoms with Gasteiger partial charge in [0.15, 0.2) is 0 Å². The number of nitrogens with zero attached hydrogens (tertiary/aromatic N) is 1. The number of hydrogen-bond acceptors (Lipinski definition) is 2. The average molecular weight is 239 g/mol. The van der Waals surface area contributed by atoms with E-state index in [0.717, 1.165) is 19.3 Å². The lowest BCUT2D eigenvalue weighted by molar-refractivity contribution is 0.561. The molecule has 0 aromatic heterocycles. The number of rotatable bonds is 4. The number of carbonyl (C=O) groups excluding carboxylic acids is 1. The van der Waals surface area contributed by atoms with Crippen LogP contribution in [0.15, 0.2) is 4.99 Å². The topological polar surface area (TPSA) is 29.4 Å². The van der Waals surface area contributed by atoms with Gasteiger partial charge in [0, 0.05) is 0 Å². The number of alkyl halides is 1. The zero-order valence-electron chi connectivity index (χ0n) is 5.43. The van der Waals surface area contributed by atoms with Crippen molar-refractivity contribution in [2.24, 2.45) is 4.99 Å². The lowest BCUT2D eigenvalue weighted by Crippen LogP contribution is -1.90. The van der Waals surface area contributed by atoms with Gasteiger partial charge in [-0.15, -0.1) is 0 Å². The Morgan fingerprint density at radius 1 is 1.78 bits per heavy atom. The summed E-state index contributed by atoms with van der Waals surface area (Å²) in [6.07, 6.45) is 4.83. The highest BCUT2D eigenvalue weighted by Crippen LogP contribution is 2.10. The molecule has 0 aliphatic rings. The molecule has 0 heterocycles. The van der Waals surface area contributed by atoms with Gasteiger partial charge in [0.25, 0.3) is 0 Å². The van der Waals surface area contributed by atoms with Crippen LogP contribution in [0.5, 0.6) is 0 Å². The van der Waals surface area contributed by atoms with Crippen LogP contribution in [0.4, 0.5) is 0 Å². The van der Waals surface area contributed by atoms with Gasteiger partial charge in [-0.25, -0.2) is 4.79 Å². The molecule has 0 aliphatic carbocycles. The maximum atomic E-state index is 9.68. The van der Waals surface area contributed by atoms with Crippen LogP contribution < -0.4 is 0 Å². The van der Waals surface area contributed by atoms with Gasteiger partial charge in [-0.3, -0.25) is 0 Å². The Bertz CT molecular complexity index is 110. The molecule has 0 N–H and O–H groups in total. The third kappa shape index (κ3) is 5.99. The first-order chi connectivity index (χ1) is 4.31. The van der Waals surface area contributed by atoms with Crippen molar-refractivity contribution in [2.45, 2.75) is 30.2 Å². The van der Waals surface area contributed by atoms with Crippen LogP contribution in [-0.4, -0.2) is 10.1 Å². The molecule has 0 saturated carbocycles. The molecule has 3 heteroatoms. The molecule has 0 spiro atoms. The Balaban J connectivity index is 3.26. The van der Waals surface area contributed by atoms with E-state index in [1.165, 1.54) is 0 Å². The Labute approximate surface area is 68.9 Å². The monoisotopic (exact) mass is 239 g/mol. The Morgan fingerprint density at radius 2 is 2.44 bits per heavy atom. The average Bonchev–Trinajstić information content (AvgIpc) is 1.85. The van der Waals surface area contributed by atoms with E-state index in [4.69, 9.17) is 0 Å². The highest BCUT2D eigenvalue weighted by molar-refractivity contribution is 14.1. The molecular formula is C6H10INO. The normalized spacial score (nSPS) is 12.2. The molecule has 9 heavy (non-hydrogen) atoms. The highest BCUT2D eigenvalue weighted by Gasteiger charge is 1.97. The smallest absolute Gasteiger partial charge is 0.211 e. The Hall–Kier alpha value is 0.110. The summed E-state index contributed by atoms with van der Waals surface area (Å²) in [5, 5.41) is 0. The van der Waals surface area contributed by atoms with E-state index in [2.05, 4.69) is 34.5 Å². The summed E-state index contributed by atoms with van der Waals surface area (Å²) in [7, 11) is 0. The van der Waals surface area contributed by atoms with Gasteiger partial charge in [0.2, 0.25) is 6.08 Å². The van der Waals surface area contributed by atoms with Crippen LogP contribution in [0.2, 0.25) is 0 Å². The first kappa shape index (κ1) is 9.11. The molecule has 52 valence electrons. The summed E-state index contributed by atoms with van der Waals surface area (Å²) < 4.78 is 0.139. The number of aliphatic imine (C=N–C) groups is 1. The lowest BCUT2D eigenvalue weighted by atomic mass is 10.2. The number of halogens is 1. The van der Waals surface area contributed by atoms with Crippen LogP contribution in [0, 0.1) is 0 Å². The second kappa shape index (κ2) is 6.23. The number of hydrogen-bond donors (Lipinski definition) is 0. The van der Waals surface area contributed by atoms with E-state index < -0.39 is 0 Å². The first-order valence-corrected chi connectivity index (χ1v) is 4.27. The minimum atomic E-state index is 0.139. The minimum Gasteiger partial charge on any atom is -0.211 e. The third-order valence-corrected chi connectivity index (χ3v) is 1.89. The predicted molar refractivity (Wildman–Crippen MR) is 45.5 cm³/mol. The maximum absolute atomic E-state index is 9.68. The van der Waals surface area contributed by atoms with E-state index in [9.17, 15) is 4.79 Å². The molecule has 0 aromatic carbocycles. The van der Waals surface area contributed by atoms with Gasteiger partial charge in [0.05, 0.1) is 0 Å². The molecule has 0 radical (unpaired) electrons. The standard InChI is InChI=1S/C6H10INO/c1-2-3-4-6(7)8-5-9/h6H,2-4H2,1H3. The second-order valence-corrected chi connectivity index (χ2v) is 3.23. The van der Waals surface area contributed by atoms with E-state index in [-0.39, 0.29) is 4.05 Å². The van der Waals surface area contributed by atoms with Crippen LogP contribution in [0.25, 0.3) is 0 Å². The molecule has 0 bridgehead atoms. The zero-order valence-corrected chi connectivity index (χ0v) is 7.59. The molecule has 0 rings (SSSR count). The van der Waals surface area contributed by atoms with Crippen molar-refractivity contribution in [3.63, 3.8) is 0 Å². The third-order valence-electron chi connectivity index (χ3n) is 0.989. The van der Waals surface area contributed by atoms with Gasteiger partial charge in [-0.2, -0.15) is 4.99 Å². The van der Waals surface area contributed by atoms with E-state index in [1.807, 2.05) is 0 Å². The molecule has 0 fully saturated rings. The number of isocyanates is 1. The summed E-state index contributed by atoms with van der Waals surface area (Å²) >= 11 is 2.14. The van der Waals surface area contributed by atoms with Gasteiger partial charge in [0.1, 0.15) is 4.05 Å². The van der Waals surface area contributed by atoms with E-state index in [1.54, 1.807) is 6.08 Å².